The molecule has 11 nitrogen and oxygen atoms in total. The second-order valence-electron chi connectivity index (χ2n) is 7.22. The van der Waals surface area contributed by atoms with Crippen LogP contribution in [0.25, 0.3) is 11.2 Å². The molecular weight excluding hydrogens is 421 g/mol. The van der Waals surface area contributed by atoms with Crippen molar-refractivity contribution in [2.45, 2.75) is 52.6 Å². The quantitative estimate of drug-likeness (QED) is 0.368. The molecule has 0 saturated heterocycles. The summed E-state index contributed by atoms with van der Waals surface area (Å²) in [5.41, 5.74) is 5.39. The second-order valence-corrected chi connectivity index (χ2v) is 10.0. The lowest BCUT2D eigenvalue weighted by Crippen LogP contribution is -2.28. The van der Waals surface area contributed by atoms with Gasteiger partial charge in [-0.3, -0.25) is 14.3 Å². The van der Waals surface area contributed by atoms with Gasteiger partial charge >= 0.3 is 6.72 Å². The van der Waals surface area contributed by atoms with Gasteiger partial charge in [0, 0.05) is 0 Å². The number of nitrogens with zero attached hydrogens (tertiary/aromatic N) is 3. The minimum atomic E-state index is -3.41. The number of aromatic nitrogens is 4. The van der Waals surface area contributed by atoms with Crippen molar-refractivity contribution in [2.75, 3.05) is 18.9 Å². The first-order valence-electron chi connectivity index (χ1n) is 9.16. The number of aromatic amines is 1. The van der Waals surface area contributed by atoms with E-state index in [2.05, 4.69) is 15.0 Å². The normalized spacial score (nSPS) is 16.4. The molecule has 0 spiro atoms. The third-order valence-corrected chi connectivity index (χ3v) is 5.51. The fraction of sp³-hybridized carbons (Fsp3) is 0.688. The van der Waals surface area contributed by atoms with E-state index in [1.54, 1.807) is 13.8 Å². The van der Waals surface area contributed by atoms with E-state index >= 15 is 0 Å². The van der Waals surface area contributed by atoms with E-state index in [-0.39, 0.29) is 35.7 Å². The van der Waals surface area contributed by atoms with Gasteiger partial charge in [-0.05, 0) is 38.0 Å². The Morgan fingerprint density at radius 2 is 2.07 bits per heavy atom. The van der Waals surface area contributed by atoms with Gasteiger partial charge in [-0.25, -0.2) is 4.98 Å². The zero-order chi connectivity index (χ0) is 21.8. The van der Waals surface area contributed by atoms with Gasteiger partial charge in [0.2, 0.25) is 5.95 Å². The number of aliphatic hydroxyl groups is 1. The molecule has 2 rings (SSSR count). The highest BCUT2D eigenvalue weighted by molar-refractivity contribution is 8.07. The smallest absolute Gasteiger partial charge is 0.324 e. The predicted octanol–water partition coefficient (Wildman–Crippen LogP) is 1.28. The molecule has 0 aromatic carbocycles. The van der Waals surface area contributed by atoms with Crippen LogP contribution in [0.5, 0.6) is 0 Å². The number of anilines is 1. The van der Waals surface area contributed by atoms with E-state index in [1.807, 2.05) is 13.8 Å². The molecule has 13 heteroatoms. The van der Waals surface area contributed by atoms with Gasteiger partial charge < -0.3 is 29.5 Å². The van der Waals surface area contributed by atoms with Gasteiger partial charge in [-0.1, -0.05) is 13.8 Å². The summed E-state index contributed by atoms with van der Waals surface area (Å²) in [4.78, 5) is 32.6. The van der Waals surface area contributed by atoms with Crippen molar-refractivity contribution in [3.8, 4) is 0 Å². The first-order valence-corrected chi connectivity index (χ1v) is 11.8. The molecule has 0 saturated carbocycles. The summed E-state index contributed by atoms with van der Waals surface area (Å²) in [5.74, 6) is 0.163. The zero-order valence-corrected chi connectivity index (χ0v) is 18.5. The van der Waals surface area contributed by atoms with Crippen LogP contribution in [0.3, 0.4) is 0 Å². The summed E-state index contributed by atoms with van der Waals surface area (Å²) < 4.78 is 18.1. The number of aliphatic hydroxyl groups excluding tert-OH is 1. The zero-order valence-electron chi connectivity index (χ0n) is 16.8. The van der Waals surface area contributed by atoms with Gasteiger partial charge in [-0.2, -0.15) is 4.98 Å². The molecule has 164 valence electrons. The average Bonchev–Trinajstić information content (AvgIpc) is 2.99. The number of hydrogen-bond acceptors (Lipinski definition) is 9. The summed E-state index contributed by atoms with van der Waals surface area (Å²) in [5, 5.41) is 9.88. The number of nitrogen functional groups attached to an aromatic ring is 1. The molecule has 2 aromatic rings. The van der Waals surface area contributed by atoms with E-state index in [1.165, 1.54) is 10.9 Å². The van der Waals surface area contributed by atoms with Crippen LogP contribution in [-0.2, 0) is 25.6 Å². The van der Waals surface area contributed by atoms with Gasteiger partial charge in [0.05, 0.1) is 31.7 Å². The van der Waals surface area contributed by atoms with E-state index in [0.717, 1.165) is 0 Å². The van der Waals surface area contributed by atoms with Crippen LogP contribution in [-0.4, -0.2) is 54.9 Å². The van der Waals surface area contributed by atoms with Crippen LogP contribution in [0.15, 0.2) is 11.1 Å². The lowest BCUT2D eigenvalue weighted by Gasteiger charge is -2.27. The summed E-state index contributed by atoms with van der Waals surface area (Å²) in [6.45, 7) is 3.63. The van der Waals surface area contributed by atoms with Crippen LogP contribution < -0.4 is 11.3 Å². The highest BCUT2D eigenvalue weighted by Crippen LogP contribution is 2.45. The number of imidazole rings is 1. The largest absolute Gasteiger partial charge is 0.392 e. The van der Waals surface area contributed by atoms with Gasteiger partial charge in [-0.15, -0.1) is 0 Å². The SMILES string of the molecule is CC(C)C[C@H](COP(O)(=S)OC(C)C)O[C@H](CO)n1cnc2c(=O)[nH]c(N)nc21. The number of nitrogens with two attached hydrogens (primary N) is 1. The molecule has 0 aliphatic heterocycles. The Balaban J connectivity index is 2.22. The molecule has 29 heavy (non-hydrogen) atoms. The molecule has 2 aromatic heterocycles. The minimum absolute atomic E-state index is 0.0298. The highest BCUT2D eigenvalue weighted by Gasteiger charge is 2.25. The topological polar surface area (TPSA) is 158 Å². The molecule has 0 aliphatic rings. The molecular formula is C16H28N5O6PS. The number of rotatable bonds is 11. The fourth-order valence-electron chi connectivity index (χ4n) is 2.74. The summed E-state index contributed by atoms with van der Waals surface area (Å²) in [6.07, 6.45) is 0.208. The number of hydrogen-bond donors (Lipinski definition) is 4. The standard InChI is InChI=1S/C16H28N5O6PS/c1-9(2)5-11(7-25-28(24,29)27-10(3)4)26-12(6-22)21-8-18-13-14(21)19-16(17)20-15(13)23/h8-12,22H,5-7H2,1-4H3,(H,24,29)(H3,17,19,20,23)/t11-,12-,28?/m1/s1. The Hall–Kier alpha value is -1.40. The predicted molar refractivity (Wildman–Crippen MR) is 112 cm³/mol. The summed E-state index contributed by atoms with van der Waals surface area (Å²) in [6, 6.07) is 0. The maximum absolute atomic E-state index is 12.0. The number of H-pyrrole nitrogens is 1. The van der Waals surface area contributed by atoms with E-state index in [9.17, 15) is 14.8 Å². The second kappa shape index (κ2) is 10.1. The van der Waals surface area contributed by atoms with Crippen LogP contribution >= 0.6 is 6.72 Å². The van der Waals surface area contributed by atoms with Crippen molar-refractivity contribution >= 4 is 35.6 Å². The van der Waals surface area contributed by atoms with E-state index in [0.29, 0.717) is 6.42 Å². The molecule has 0 aliphatic carbocycles. The van der Waals surface area contributed by atoms with Gasteiger partial charge in [0.1, 0.15) is 0 Å². The Labute approximate surface area is 173 Å². The van der Waals surface area contributed by atoms with Crippen molar-refractivity contribution in [1.82, 2.24) is 19.5 Å². The molecule has 0 bridgehead atoms. The lowest BCUT2D eigenvalue weighted by molar-refractivity contribution is -0.0991. The van der Waals surface area contributed by atoms with Crippen LogP contribution in [0, 0.1) is 5.92 Å². The van der Waals surface area contributed by atoms with E-state index < -0.39 is 31.2 Å². The minimum Gasteiger partial charge on any atom is -0.392 e. The highest BCUT2D eigenvalue weighted by atomic mass is 32.5. The third-order valence-electron chi connectivity index (χ3n) is 3.77. The monoisotopic (exact) mass is 449 g/mol. The van der Waals surface area contributed by atoms with Crippen molar-refractivity contribution in [1.29, 1.82) is 0 Å². The number of ether oxygens (including phenoxy) is 1. The van der Waals surface area contributed by atoms with Crippen molar-refractivity contribution in [3.05, 3.63) is 16.7 Å². The molecule has 5 N–H and O–H groups in total. The number of fused-ring (bicyclic) bond motifs is 1. The summed E-state index contributed by atoms with van der Waals surface area (Å²) in [7, 11) is 0. The maximum Gasteiger partial charge on any atom is 0.324 e. The number of nitrogens with one attached hydrogen (secondary N) is 1. The Morgan fingerprint density at radius 3 is 2.66 bits per heavy atom. The Bertz CT molecular complexity index is 917. The first kappa shape index (κ1) is 23.9. The molecule has 1 unspecified atom stereocenters. The van der Waals surface area contributed by atoms with E-state index in [4.69, 9.17) is 31.3 Å². The molecule has 2 heterocycles. The van der Waals surface area contributed by atoms with Gasteiger partial charge in [0.15, 0.2) is 17.4 Å². The Morgan fingerprint density at radius 1 is 1.38 bits per heavy atom. The summed E-state index contributed by atoms with van der Waals surface area (Å²) >= 11 is 5.01. The fourth-order valence-corrected chi connectivity index (χ4v) is 4.38. The molecule has 0 radical (unpaired) electrons. The molecule has 0 amide bonds. The van der Waals surface area contributed by atoms with Crippen molar-refractivity contribution < 1.29 is 23.8 Å². The van der Waals surface area contributed by atoms with Gasteiger partial charge in [0.25, 0.3) is 5.56 Å². The van der Waals surface area contributed by atoms with Crippen LogP contribution in [0.4, 0.5) is 5.95 Å². The first-order chi connectivity index (χ1) is 13.5. The van der Waals surface area contributed by atoms with Crippen LogP contribution in [0.2, 0.25) is 0 Å². The van der Waals surface area contributed by atoms with Crippen LogP contribution in [0.1, 0.15) is 40.3 Å². The molecule has 3 atom stereocenters. The maximum atomic E-state index is 12.0. The lowest BCUT2D eigenvalue weighted by atomic mass is 10.1. The Kier molecular flexibility index (Phi) is 8.29. The van der Waals surface area contributed by atoms with Crippen molar-refractivity contribution in [2.24, 2.45) is 5.92 Å². The van der Waals surface area contributed by atoms with Crippen molar-refractivity contribution in [3.63, 3.8) is 0 Å². The molecule has 0 fully saturated rings. The third kappa shape index (κ3) is 6.82. The average molecular weight is 449 g/mol.